The van der Waals surface area contributed by atoms with Crippen LogP contribution in [0.25, 0.3) is 44.2 Å². The number of ether oxygens (including phenoxy) is 1. The van der Waals surface area contributed by atoms with Crippen LogP contribution in [0.4, 0.5) is 0 Å². The lowest BCUT2D eigenvalue weighted by atomic mass is 9.65. The summed E-state index contributed by atoms with van der Waals surface area (Å²) in [5.41, 5.74) is 16.6. The van der Waals surface area contributed by atoms with Gasteiger partial charge in [-0.15, -0.1) is 0 Å². The smallest absolute Gasteiger partial charge is 0.140 e. The number of fused-ring (bicyclic) bond motifs is 14. The molecule has 0 radical (unpaired) electrons. The Labute approximate surface area is 320 Å². The third kappa shape index (κ3) is 3.92. The third-order valence-electron chi connectivity index (χ3n) is 12.6. The van der Waals surface area contributed by atoms with E-state index in [1.165, 1.54) is 83.3 Å². The first-order valence-electron chi connectivity index (χ1n) is 19.2. The SMILES string of the molecule is c1ccc(C2(c3ccccc3)c3ccccc3-c3ccc(-c4ccc5c(c4)C4(c6ccccc6-c6ccccc64)c4ccc6ccccc6c4O5)cc32)cc1. The first-order chi connectivity index (χ1) is 27.3. The summed E-state index contributed by atoms with van der Waals surface area (Å²) in [4.78, 5) is 0. The van der Waals surface area contributed by atoms with Gasteiger partial charge >= 0.3 is 0 Å². The second-order valence-corrected chi connectivity index (χ2v) is 15.1. The van der Waals surface area contributed by atoms with Crippen molar-refractivity contribution in [2.45, 2.75) is 10.8 Å². The van der Waals surface area contributed by atoms with Gasteiger partial charge in [-0.2, -0.15) is 0 Å². The first kappa shape index (κ1) is 30.5. The Kier molecular flexibility index (Phi) is 6.25. The first-order valence-corrected chi connectivity index (χ1v) is 19.2. The van der Waals surface area contributed by atoms with Gasteiger partial charge in [0.25, 0.3) is 0 Å². The van der Waals surface area contributed by atoms with Crippen LogP contribution >= 0.6 is 0 Å². The summed E-state index contributed by atoms with van der Waals surface area (Å²) in [6.07, 6.45) is 0. The van der Waals surface area contributed by atoms with Crippen molar-refractivity contribution in [2.24, 2.45) is 0 Å². The summed E-state index contributed by atoms with van der Waals surface area (Å²) in [7, 11) is 0. The van der Waals surface area contributed by atoms with Gasteiger partial charge in [-0.25, -0.2) is 0 Å². The van der Waals surface area contributed by atoms with E-state index in [0.717, 1.165) is 16.9 Å². The fraction of sp³-hybridized carbons (Fsp3) is 0.0370. The Morgan fingerprint density at radius 1 is 0.309 bits per heavy atom. The largest absolute Gasteiger partial charge is 0.456 e. The summed E-state index contributed by atoms with van der Waals surface area (Å²) >= 11 is 0. The summed E-state index contributed by atoms with van der Waals surface area (Å²) in [5, 5.41) is 2.31. The Balaban J connectivity index is 1.14. The zero-order valence-corrected chi connectivity index (χ0v) is 30.0. The molecule has 55 heavy (non-hydrogen) atoms. The van der Waals surface area contributed by atoms with Gasteiger partial charge in [0.05, 0.1) is 10.8 Å². The van der Waals surface area contributed by atoms with Crippen LogP contribution in [0.2, 0.25) is 0 Å². The van der Waals surface area contributed by atoms with Gasteiger partial charge in [0, 0.05) is 16.5 Å². The highest BCUT2D eigenvalue weighted by atomic mass is 16.5. The minimum atomic E-state index is -0.555. The molecule has 1 spiro atoms. The predicted octanol–water partition coefficient (Wildman–Crippen LogP) is 13.3. The Hall–Kier alpha value is -6.96. The van der Waals surface area contributed by atoms with E-state index < -0.39 is 10.8 Å². The second kappa shape index (κ2) is 11.3. The van der Waals surface area contributed by atoms with E-state index in [4.69, 9.17) is 4.74 Å². The zero-order chi connectivity index (χ0) is 36.1. The van der Waals surface area contributed by atoms with Gasteiger partial charge in [0.2, 0.25) is 0 Å². The lowest BCUT2D eigenvalue weighted by Crippen LogP contribution is -2.32. The molecule has 0 amide bonds. The molecule has 0 N–H and O–H groups in total. The summed E-state index contributed by atoms with van der Waals surface area (Å²) in [5.74, 6) is 1.84. The number of hydrogen-bond donors (Lipinski definition) is 0. The van der Waals surface area contributed by atoms with Crippen LogP contribution in [-0.2, 0) is 10.8 Å². The van der Waals surface area contributed by atoms with Crippen molar-refractivity contribution in [1.82, 2.24) is 0 Å². The maximum absolute atomic E-state index is 7.06. The predicted molar refractivity (Wildman–Crippen MR) is 224 cm³/mol. The van der Waals surface area contributed by atoms with Crippen LogP contribution in [0.1, 0.15) is 44.5 Å². The molecule has 256 valence electrons. The van der Waals surface area contributed by atoms with Gasteiger partial charge in [0.1, 0.15) is 11.5 Å². The van der Waals surface area contributed by atoms with E-state index in [-0.39, 0.29) is 0 Å². The second-order valence-electron chi connectivity index (χ2n) is 15.1. The Morgan fingerprint density at radius 2 is 0.800 bits per heavy atom. The molecule has 0 saturated heterocycles. The van der Waals surface area contributed by atoms with Crippen LogP contribution in [0, 0.1) is 0 Å². The maximum atomic E-state index is 7.06. The molecule has 9 aromatic carbocycles. The number of benzene rings is 9. The molecule has 0 aromatic heterocycles. The monoisotopic (exact) mass is 698 g/mol. The van der Waals surface area contributed by atoms with E-state index >= 15 is 0 Å². The molecule has 0 saturated carbocycles. The van der Waals surface area contributed by atoms with Gasteiger partial charge < -0.3 is 4.74 Å². The molecule has 0 fully saturated rings. The van der Waals surface area contributed by atoms with Crippen molar-refractivity contribution in [2.75, 3.05) is 0 Å². The molecule has 1 heteroatoms. The molecular weight excluding hydrogens is 665 g/mol. The van der Waals surface area contributed by atoms with Gasteiger partial charge in [-0.1, -0.05) is 188 Å². The lowest BCUT2D eigenvalue weighted by molar-refractivity contribution is 0.442. The van der Waals surface area contributed by atoms with Crippen molar-refractivity contribution >= 4 is 10.8 Å². The van der Waals surface area contributed by atoms with Gasteiger partial charge in [0.15, 0.2) is 0 Å². The van der Waals surface area contributed by atoms with Crippen molar-refractivity contribution in [3.05, 3.63) is 251 Å². The summed E-state index contributed by atoms with van der Waals surface area (Å²) in [6, 6.07) is 76.2. The quantitative estimate of drug-likeness (QED) is 0.178. The molecular formula is C54H34O. The molecule has 9 aromatic rings. The molecule has 3 aliphatic rings. The lowest BCUT2D eigenvalue weighted by Gasteiger charge is -2.40. The van der Waals surface area contributed by atoms with Crippen molar-refractivity contribution in [3.63, 3.8) is 0 Å². The van der Waals surface area contributed by atoms with Crippen LogP contribution in [0.3, 0.4) is 0 Å². The third-order valence-corrected chi connectivity index (χ3v) is 12.6. The van der Waals surface area contributed by atoms with Gasteiger partial charge in [-0.05, 0) is 90.3 Å². The molecule has 2 aliphatic carbocycles. The van der Waals surface area contributed by atoms with E-state index in [1.807, 2.05) is 0 Å². The molecule has 1 heterocycles. The van der Waals surface area contributed by atoms with Crippen molar-refractivity contribution in [3.8, 4) is 44.9 Å². The standard InChI is InChI=1S/C54H34O/c1-3-16-38(17-4-1)53(39-18-5-2-6-19-39)45-24-12-9-23-43(45)44-30-27-36(33-49(44)53)37-29-32-51-50(34-37)54(48-31-28-35-15-7-8-20-40(35)52(48)55-51)46-25-13-10-21-41(46)42-22-11-14-26-47(42)54/h1-34H. The maximum Gasteiger partial charge on any atom is 0.140 e. The Bertz CT molecular complexity index is 2930. The van der Waals surface area contributed by atoms with Crippen molar-refractivity contribution in [1.29, 1.82) is 0 Å². The molecule has 12 rings (SSSR count). The average Bonchev–Trinajstić information content (AvgIpc) is 3.72. The summed E-state index contributed by atoms with van der Waals surface area (Å²) in [6.45, 7) is 0. The minimum Gasteiger partial charge on any atom is -0.456 e. The topological polar surface area (TPSA) is 9.23 Å². The van der Waals surface area contributed by atoms with Crippen LogP contribution in [0.15, 0.2) is 206 Å². The number of hydrogen-bond acceptors (Lipinski definition) is 1. The highest BCUT2D eigenvalue weighted by Gasteiger charge is 2.52. The van der Waals surface area contributed by atoms with E-state index in [0.29, 0.717) is 0 Å². The zero-order valence-electron chi connectivity index (χ0n) is 30.0. The molecule has 0 bridgehead atoms. The molecule has 0 atom stereocenters. The fourth-order valence-corrected chi connectivity index (χ4v) is 10.4. The van der Waals surface area contributed by atoms with Crippen molar-refractivity contribution < 1.29 is 4.74 Å². The number of rotatable bonds is 3. The Morgan fingerprint density at radius 3 is 1.44 bits per heavy atom. The van der Waals surface area contributed by atoms with Crippen LogP contribution in [-0.4, -0.2) is 0 Å². The minimum absolute atomic E-state index is 0.466. The molecule has 1 nitrogen and oxygen atoms in total. The van der Waals surface area contributed by atoms with E-state index in [2.05, 4.69) is 206 Å². The van der Waals surface area contributed by atoms with Crippen LogP contribution < -0.4 is 4.74 Å². The average molecular weight is 699 g/mol. The van der Waals surface area contributed by atoms with Crippen LogP contribution in [0.5, 0.6) is 11.5 Å². The molecule has 1 aliphatic heterocycles. The normalized spacial score (nSPS) is 14.6. The fourth-order valence-electron chi connectivity index (χ4n) is 10.4. The van der Waals surface area contributed by atoms with Gasteiger partial charge in [-0.3, -0.25) is 0 Å². The van der Waals surface area contributed by atoms with E-state index in [1.54, 1.807) is 0 Å². The molecule has 0 unspecified atom stereocenters. The highest BCUT2D eigenvalue weighted by Crippen LogP contribution is 2.63. The highest BCUT2D eigenvalue weighted by molar-refractivity contribution is 5.96. The summed E-state index contributed by atoms with van der Waals surface area (Å²) < 4.78 is 7.06. The van der Waals surface area contributed by atoms with E-state index in [9.17, 15) is 0 Å².